The zero-order valence-electron chi connectivity index (χ0n) is 17.6. The van der Waals surface area contributed by atoms with Crippen molar-refractivity contribution in [1.29, 1.82) is 0 Å². The zero-order chi connectivity index (χ0) is 22.6. The van der Waals surface area contributed by atoms with Crippen LogP contribution in [-0.2, 0) is 10.0 Å². The fraction of sp³-hybridized carbons (Fsp3) is 0.250. The van der Waals surface area contributed by atoms with Gasteiger partial charge in [-0.05, 0) is 32.2 Å². The van der Waals surface area contributed by atoms with Crippen LogP contribution in [0.3, 0.4) is 0 Å². The fourth-order valence-electron chi connectivity index (χ4n) is 2.89. The Balaban J connectivity index is 0.00000363. The van der Waals surface area contributed by atoms with Gasteiger partial charge in [-0.1, -0.05) is 28.9 Å². The minimum Gasteiger partial charge on any atom is -0.372 e. The molecule has 0 radical (unpaired) electrons. The Morgan fingerprint density at radius 3 is 2.56 bits per heavy atom. The van der Waals surface area contributed by atoms with Gasteiger partial charge in [0.05, 0.1) is 22.1 Å². The monoisotopic (exact) mass is 503 g/mol. The van der Waals surface area contributed by atoms with Gasteiger partial charge in [-0.3, -0.25) is 4.72 Å². The second kappa shape index (κ2) is 10.9. The fourth-order valence-corrected chi connectivity index (χ4v) is 4.24. The molecule has 1 heterocycles. The summed E-state index contributed by atoms with van der Waals surface area (Å²) in [5.74, 6) is -0.594. The Morgan fingerprint density at radius 1 is 1.19 bits per heavy atom. The number of hydrogen-bond donors (Lipinski definition) is 3. The summed E-state index contributed by atoms with van der Waals surface area (Å²) in [4.78, 5) is 1.44. The first kappa shape index (κ1) is 25.7. The number of para-hydroxylation sites is 2. The van der Waals surface area contributed by atoms with Crippen molar-refractivity contribution in [3.05, 3.63) is 59.1 Å². The van der Waals surface area contributed by atoms with Crippen LogP contribution in [0.25, 0.3) is 0 Å². The number of rotatable bonds is 9. The first-order valence-corrected chi connectivity index (χ1v) is 11.2. The number of likely N-dealkylation sites (N-methyl/N-ethyl adjacent to an activating group) is 2. The molecule has 2 aromatic carbocycles. The number of sulfonamides is 1. The molecule has 3 N–H and O–H groups in total. The molecule has 0 bridgehead atoms. The molecule has 0 aliphatic heterocycles. The van der Waals surface area contributed by atoms with E-state index < -0.39 is 20.7 Å². The molecule has 0 unspecified atom stereocenters. The van der Waals surface area contributed by atoms with Crippen LogP contribution >= 0.6 is 24.0 Å². The van der Waals surface area contributed by atoms with Crippen LogP contribution in [-0.4, -0.2) is 40.8 Å². The van der Waals surface area contributed by atoms with E-state index in [4.69, 9.17) is 16.1 Å². The molecule has 0 atom stereocenters. The predicted octanol–water partition coefficient (Wildman–Crippen LogP) is 4.40. The second-order valence-corrected chi connectivity index (χ2v) is 8.92. The minimum atomic E-state index is -4.25. The Morgan fingerprint density at radius 2 is 1.91 bits per heavy atom. The predicted molar refractivity (Wildman–Crippen MR) is 128 cm³/mol. The van der Waals surface area contributed by atoms with Gasteiger partial charge in [0.15, 0.2) is 5.82 Å². The van der Waals surface area contributed by atoms with Crippen LogP contribution in [0.5, 0.6) is 0 Å². The highest BCUT2D eigenvalue weighted by atomic mass is 35.5. The van der Waals surface area contributed by atoms with Gasteiger partial charge in [-0.15, -0.1) is 12.4 Å². The SMILES string of the molecule is CNCCN(C)c1ccccc1Nc1cc(F)c(S(=O)(=O)Nc2cc(C)on2)cc1Cl.Cl. The Bertz CT molecular complexity index is 1170. The van der Waals surface area contributed by atoms with Gasteiger partial charge in [0.25, 0.3) is 10.0 Å². The smallest absolute Gasteiger partial charge is 0.266 e. The summed E-state index contributed by atoms with van der Waals surface area (Å²) < 4.78 is 46.9. The number of aromatic nitrogens is 1. The minimum absolute atomic E-state index is 0. The van der Waals surface area contributed by atoms with Gasteiger partial charge < -0.3 is 20.1 Å². The lowest BCUT2D eigenvalue weighted by atomic mass is 10.2. The maximum absolute atomic E-state index is 14.8. The molecule has 174 valence electrons. The number of nitrogens with zero attached hydrogens (tertiary/aromatic N) is 2. The number of hydrogen-bond acceptors (Lipinski definition) is 7. The van der Waals surface area contributed by atoms with Gasteiger partial charge >= 0.3 is 0 Å². The van der Waals surface area contributed by atoms with Crippen molar-refractivity contribution in [3.63, 3.8) is 0 Å². The maximum atomic E-state index is 14.8. The third kappa shape index (κ3) is 6.04. The van der Waals surface area contributed by atoms with Crippen molar-refractivity contribution in [2.45, 2.75) is 11.8 Å². The van der Waals surface area contributed by atoms with Crippen LogP contribution < -0.4 is 20.3 Å². The lowest BCUT2D eigenvalue weighted by molar-refractivity contribution is 0.400. The highest BCUT2D eigenvalue weighted by Crippen LogP contribution is 2.34. The Labute approximate surface area is 197 Å². The van der Waals surface area contributed by atoms with Gasteiger partial charge in [0, 0.05) is 32.3 Å². The molecule has 0 saturated carbocycles. The molecule has 12 heteroatoms. The standard InChI is InChI=1S/C20H23ClFN5O3S.ClH/c1-13-10-20(25-30-13)26-31(28,29)19-11-14(21)17(12-15(19)22)24-16-6-4-5-7-18(16)27(3)9-8-23-2;/h4-7,10-12,23-24H,8-9H2,1-3H3,(H,25,26);1H. The molecule has 8 nitrogen and oxygen atoms in total. The summed E-state index contributed by atoms with van der Waals surface area (Å²) in [5.41, 5.74) is 1.83. The first-order chi connectivity index (χ1) is 14.7. The van der Waals surface area contributed by atoms with Crippen LogP contribution in [0.2, 0.25) is 5.02 Å². The third-order valence-electron chi connectivity index (χ3n) is 4.46. The maximum Gasteiger partial charge on any atom is 0.266 e. The second-order valence-electron chi connectivity index (χ2n) is 6.86. The van der Waals surface area contributed by atoms with Gasteiger partial charge in [-0.2, -0.15) is 0 Å². The van der Waals surface area contributed by atoms with E-state index in [-0.39, 0.29) is 28.9 Å². The lowest BCUT2D eigenvalue weighted by Gasteiger charge is -2.23. The molecule has 1 aromatic heterocycles. The lowest BCUT2D eigenvalue weighted by Crippen LogP contribution is -2.27. The van der Waals surface area contributed by atoms with Crippen molar-refractivity contribution in [3.8, 4) is 0 Å². The average molecular weight is 504 g/mol. The Hall–Kier alpha value is -2.53. The topological polar surface area (TPSA) is 99.5 Å². The number of anilines is 4. The van der Waals surface area contributed by atoms with Gasteiger partial charge in [0.2, 0.25) is 0 Å². The summed E-state index contributed by atoms with van der Waals surface area (Å²) in [6.07, 6.45) is 0. The largest absolute Gasteiger partial charge is 0.372 e. The van der Waals surface area contributed by atoms with E-state index in [0.717, 1.165) is 30.9 Å². The third-order valence-corrected chi connectivity index (χ3v) is 6.14. The van der Waals surface area contributed by atoms with E-state index in [1.54, 1.807) is 6.92 Å². The summed E-state index contributed by atoms with van der Waals surface area (Å²) >= 11 is 6.30. The number of benzene rings is 2. The number of halogens is 3. The average Bonchev–Trinajstić information content (AvgIpc) is 3.12. The van der Waals surface area contributed by atoms with Crippen molar-refractivity contribution >= 4 is 56.9 Å². The van der Waals surface area contributed by atoms with E-state index >= 15 is 0 Å². The van der Waals surface area contributed by atoms with Crippen LogP contribution in [0.4, 0.5) is 27.3 Å². The van der Waals surface area contributed by atoms with Crippen molar-refractivity contribution in [2.24, 2.45) is 0 Å². The molecular formula is C20H24Cl2FN5O3S. The first-order valence-electron chi connectivity index (χ1n) is 9.38. The zero-order valence-corrected chi connectivity index (χ0v) is 20.0. The van der Waals surface area contributed by atoms with Crippen molar-refractivity contribution in [1.82, 2.24) is 10.5 Å². The molecule has 32 heavy (non-hydrogen) atoms. The van der Waals surface area contributed by atoms with E-state index in [9.17, 15) is 12.8 Å². The summed E-state index contributed by atoms with van der Waals surface area (Å²) in [7, 11) is -0.442. The van der Waals surface area contributed by atoms with E-state index in [1.807, 2.05) is 43.3 Å². The summed E-state index contributed by atoms with van der Waals surface area (Å²) in [5, 5.41) is 9.79. The molecule has 3 rings (SSSR count). The molecule has 0 saturated heterocycles. The Kier molecular flexibility index (Phi) is 8.73. The molecule has 0 aliphatic carbocycles. The summed E-state index contributed by atoms with van der Waals surface area (Å²) in [6.45, 7) is 3.14. The summed E-state index contributed by atoms with van der Waals surface area (Å²) in [6, 6.07) is 11.0. The highest BCUT2D eigenvalue weighted by molar-refractivity contribution is 7.92. The number of nitrogens with one attached hydrogen (secondary N) is 3. The normalized spacial score (nSPS) is 11.0. The highest BCUT2D eigenvalue weighted by Gasteiger charge is 2.23. The molecule has 3 aromatic rings. The number of aryl methyl sites for hydroxylation is 1. The van der Waals surface area contributed by atoms with Gasteiger partial charge in [-0.25, -0.2) is 12.8 Å². The van der Waals surface area contributed by atoms with Crippen molar-refractivity contribution in [2.75, 3.05) is 42.1 Å². The van der Waals surface area contributed by atoms with E-state index in [0.29, 0.717) is 11.4 Å². The molecule has 0 aliphatic rings. The molecule has 0 fully saturated rings. The van der Waals surface area contributed by atoms with Crippen LogP contribution in [0.1, 0.15) is 5.76 Å². The van der Waals surface area contributed by atoms with Crippen LogP contribution in [0.15, 0.2) is 51.9 Å². The van der Waals surface area contributed by atoms with E-state index in [2.05, 4.69) is 20.5 Å². The van der Waals surface area contributed by atoms with Gasteiger partial charge in [0.1, 0.15) is 16.5 Å². The quantitative estimate of drug-likeness (QED) is 0.397. The molecule has 0 spiro atoms. The molecule has 0 amide bonds. The van der Waals surface area contributed by atoms with Crippen LogP contribution in [0, 0.1) is 12.7 Å². The van der Waals surface area contributed by atoms with Crippen molar-refractivity contribution < 1.29 is 17.3 Å². The van der Waals surface area contributed by atoms with E-state index in [1.165, 1.54) is 6.07 Å². The molecular weight excluding hydrogens is 480 g/mol.